The lowest BCUT2D eigenvalue weighted by Crippen LogP contribution is -2.39. The van der Waals surface area contributed by atoms with Crippen molar-refractivity contribution >= 4 is 27.4 Å². The van der Waals surface area contributed by atoms with Crippen molar-refractivity contribution in [1.82, 2.24) is 15.2 Å². The molecule has 182 valence electrons. The maximum absolute atomic E-state index is 13.3. The van der Waals surface area contributed by atoms with Crippen LogP contribution in [0.15, 0.2) is 47.4 Å². The number of sulfonamides is 1. The number of hydrazine groups is 1. The summed E-state index contributed by atoms with van der Waals surface area (Å²) in [6, 6.07) is 11.1. The van der Waals surface area contributed by atoms with Crippen molar-refractivity contribution in [3.63, 3.8) is 0 Å². The van der Waals surface area contributed by atoms with Gasteiger partial charge in [0.15, 0.2) is 5.78 Å². The lowest BCUT2D eigenvalue weighted by molar-refractivity contribution is -0.117. The van der Waals surface area contributed by atoms with Gasteiger partial charge < -0.3 is 10.1 Å². The van der Waals surface area contributed by atoms with Gasteiger partial charge in [-0.2, -0.15) is 4.31 Å². The van der Waals surface area contributed by atoms with Crippen LogP contribution in [0.2, 0.25) is 0 Å². The summed E-state index contributed by atoms with van der Waals surface area (Å²) in [6.45, 7) is 2.49. The summed E-state index contributed by atoms with van der Waals surface area (Å²) in [5.74, 6) is -0.0167. The lowest BCUT2D eigenvalue weighted by Gasteiger charge is -2.27. The number of hydrogen-bond acceptors (Lipinski definition) is 7. The molecular formula is C24H30N4O5S. The first-order valence-corrected chi connectivity index (χ1v) is 12.8. The van der Waals surface area contributed by atoms with Gasteiger partial charge in [-0.3, -0.25) is 9.59 Å². The molecular weight excluding hydrogens is 456 g/mol. The second-order valence-corrected chi connectivity index (χ2v) is 10.5. The minimum atomic E-state index is -3.69. The first-order chi connectivity index (χ1) is 16.3. The number of hydrogen-bond donors (Lipinski definition) is 3. The predicted octanol–water partition coefficient (Wildman–Crippen LogP) is 2.62. The summed E-state index contributed by atoms with van der Waals surface area (Å²) in [6.07, 6.45) is 3.15. The molecule has 9 nitrogen and oxygen atoms in total. The number of benzene rings is 2. The van der Waals surface area contributed by atoms with Crippen molar-refractivity contribution in [3.8, 4) is 5.75 Å². The number of nitrogens with one attached hydrogen (secondary N) is 3. The molecule has 3 N–H and O–H groups in total. The van der Waals surface area contributed by atoms with Crippen LogP contribution in [0.25, 0.3) is 0 Å². The summed E-state index contributed by atoms with van der Waals surface area (Å²) in [5, 5.41) is 2.83. The molecule has 0 bridgehead atoms. The zero-order chi connectivity index (χ0) is 24.3. The highest BCUT2D eigenvalue weighted by molar-refractivity contribution is 7.89. The molecule has 2 heterocycles. The number of rotatable bonds is 7. The van der Waals surface area contributed by atoms with Crippen molar-refractivity contribution in [1.29, 1.82) is 0 Å². The molecule has 0 aliphatic carbocycles. The molecule has 2 atom stereocenters. The van der Waals surface area contributed by atoms with Gasteiger partial charge in [0.25, 0.3) is 0 Å². The Hall–Kier alpha value is -2.79. The van der Waals surface area contributed by atoms with E-state index in [0.717, 1.165) is 24.8 Å². The molecule has 0 spiro atoms. The number of carbonyl (C=O) groups is 2. The average Bonchev–Trinajstić information content (AvgIpc) is 3.35. The average molecular weight is 487 g/mol. The van der Waals surface area contributed by atoms with Crippen LogP contribution >= 0.6 is 0 Å². The Morgan fingerprint density at radius 2 is 1.82 bits per heavy atom. The molecule has 0 aromatic heterocycles. The molecule has 4 rings (SSSR count). The smallest absolute Gasteiger partial charge is 0.246 e. The zero-order valence-corrected chi connectivity index (χ0v) is 20.2. The number of ether oxygens (including phenoxy) is 1. The van der Waals surface area contributed by atoms with Crippen molar-refractivity contribution in [2.75, 3.05) is 25.5 Å². The molecule has 2 fully saturated rings. The van der Waals surface area contributed by atoms with Gasteiger partial charge in [-0.15, -0.1) is 0 Å². The molecule has 2 saturated heterocycles. The minimum Gasteiger partial charge on any atom is -0.495 e. The number of methoxy groups -OCH3 is 1. The van der Waals surface area contributed by atoms with Crippen LogP contribution in [-0.2, 0) is 14.8 Å². The molecule has 10 heteroatoms. The number of Topliss-reactive ketones (excluding diaryl/α,β-unsaturated/α-hetero) is 1. The third kappa shape index (κ3) is 5.15. The number of nitrogens with zero attached hydrogens (tertiary/aromatic N) is 1. The summed E-state index contributed by atoms with van der Waals surface area (Å²) < 4.78 is 33.5. The topological polar surface area (TPSA) is 117 Å². The highest BCUT2D eigenvalue weighted by Crippen LogP contribution is 2.33. The summed E-state index contributed by atoms with van der Waals surface area (Å²) in [5.41, 5.74) is 7.91. The maximum atomic E-state index is 13.3. The predicted molar refractivity (Wildman–Crippen MR) is 128 cm³/mol. The number of piperidine rings is 1. The normalized spacial score (nSPS) is 21.2. The molecule has 34 heavy (non-hydrogen) atoms. The van der Waals surface area contributed by atoms with E-state index in [1.807, 2.05) is 6.07 Å². The van der Waals surface area contributed by atoms with E-state index in [2.05, 4.69) is 16.2 Å². The van der Waals surface area contributed by atoms with E-state index in [1.54, 1.807) is 36.4 Å². The van der Waals surface area contributed by atoms with Crippen LogP contribution in [0, 0.1) is 0 Å². The standard InChI is InChI=1S/C24H30N4O5S/c1-16(29)17-7-6-8-19(13-17)25-24(30)21-15-20(26-27-21)18-9-10-22(33-2)23(14-18)34(31,32)28-11-4-3-5-12-28/h6-10,13-14,20-21,26-27H,3-5,11-12,15H2,1-2H3,(H,25,30). The van der Waals surface area contributed by atoms with E-state index in [9.17, 15) is 18.0 Å². The second kappa shape index (κ2) is 10.2. The monoisotopic (exact) mass is 486 g/mol. The van der Waals surface area contributed by atoms with E-state index >= 15 is 0 Å². The fraction of sp³-hybridized carbons (Fsp3) is 0.417. The number of anilines is 1. The van der Waals surface area contributed by atoms with Crippen LogP contribution < -0.4 is 20.9 Å². The van der Waals surface area contributed by atoms with Gasteiger partial charge in [0.2, 0.25) is 15.9 Å². The fourth-order valence-corrected chi connectivity index (χ4v) is 6.06. The summed E-state index contributed by atoms with van der Waals surface area (Å²) in [7, 11) is -2.23. The number of carbonyl (C=O) groups excluding carboxylic acids is 2. The maximum Gasteiger partial charge on any atom is 0.246 e. The third-order valence-electron chi connectivity index (χ3n) is 6.28. The SMILES string of the molecule is COc1ccc(C2CC(C(=O)Nc3cccc(C(C)=O)c3)NN2)cc1S(=O)(=O)N1CCCCC1. The van der Waals surface area contributed by atoms with E-state index in [1.165, 1.54) is 18.3 Å². The Morgan fingerprint density at radius 1 is 1.06 bits per heavy atom. The largest absolute Gasteiger partial charge is 0.495 e. The van der Waals surface area contributed by atoms with Gasteiger partial charge in [-0.25, -0.2) is 19.3 Å². The van der Waals surface area contributed by atoms with Gasteiger partial charge in [-0.1, -0.05) is 24.6 Å². The Morgan fingerprint density at radius 3 is 2.53 bits per heavy atom. The van der Waals surface area contributed by atoms with Gasteiger partial charge in [0, 0.05) is 30.4 Å². The molecule has 2 aliphatic heterocycles. The van der Waals surface area contributed by atoms with E-state index in [0.29, 0.717) is 36.5 Å². The van der Waals surface area contributed by atoms with Gasteiger partial charge in [0.05, 0.1) is 7.11 Å². The van der Waals surface area contributed by atoms with Gasteiger partial charge in [-0.05, 0) is 56.0 Å². The van der Waals surface area contributed by atoms with Gasteiger partial charge in [0.1, 0.15) is 16.7 Å². The van der Waals surface area contributed by atoms with Crippen LogP contribution in [0.5, 0.6) is 5.75 Å². The van der Waals surface area contributed by atoms with Crippen molar-refractivity contribution in [2.24, 2.45) is 0 Å². The van der Waals surface area contributed by atoms with Crippen LogP contribution in [0.4, 0.5) is 5.69 Å². The summed E-state index contributed by atoms with van der Waals surface area (Å²) >= 11 is 0. The Balaban J connectivity index is 1.49. The Kier molecular flexibility index (Phi) is 7.32. The van der Waals surface area contributed by atoms with Gasteiger partial charge >= 0.3 is 0 Å². The summed E-state index contributed by atoms with van der Waals surface area (Å²) in [4.78, 5) is 24.5. The molecule has 1 amide bonds. The molecule has 2 unspecified atom stereocenters. The second-order valence-electron chi connectivity index (χ2n) is 8.63. The van der Waals surface area contributed by atoms with Crippen LogP contribution in [-0.4, -0.2) is 50.7 Å². The van der Waals surface area contributed by atoms with Crippen molar-refractivity contribution in [2.45, 2.75) is 49.6 Å². The van der Waals surface area contributed by atoms with Crippen molar-refractivity contribution in [3.05, 3.63) is 53.6 Å². The highest BCUT2D eigenvalue weighted by Gasteiger charge is 2.33. The molecule has 0 radical (unpaired) electrons. The first-order valence-electron chi connectivity index (χ1n) is 11.4. The first kappa shape index (κ1) is 24.3. The third-order valence-corrected chi connectivity index (χ3v) is 8.20. The Bertz CT molecular complexity index is 1180. The molecule has 2 aromatic rings. The number of ketones is 1. The fourth-order valence-electron chi connectivity index (χ4n) is 4.35. The van der Waals surface area contributed by atoms with Crippen LogP contribution in [0.1, 0.15) is 54.6 Å². The minimum absolute atomic E-state index is 0.0772. The van der Waals surface area contributed by atoms with Crippen LogP contribution in [0.3, 0.4) is 0 Å². The van der Waals surface area contributed by atoms with E-state index in [-0.39, 0.29) is 22.6 Å². The molecule has 2 aromatic carbocycles. The van der Waals surface area contributed by atoms with E-state index < -0.39 is 16.1 Å². The number of amides is 1. The lowest BCUT2D eigenvalue weighted by atomic mass is 10.0. The van der Waals surface area contributed by atoms with E-state index in [4.69, 9.17) is 4.74 Å². The highest BCUT2D eigenvalue weighted by atomic mass is 32.2. The Labute approximate surface area is 199 Å². The molecule has 2 aliphatic rings. The zero-order valence-electron chi connectivity index (χ0n) is 19.3. The van der Waals surface area contributed by atoms with Crippen molar-refractivity contribution < 1.29 is 22.7 Å². The molecule has 0 saturated carbocycles. The quantitative estimate of drug-likeness (QED) is 0.515.